The van der Waals surface area contributed by atoms with E-state index in [-0.39, 0.29) is 30.3 Å². The van der Waals surface area contributed by atoms with Gasteiger partial charge in [-0.25, -0.2) is 9.59 Å². The van der Waals surface area contributed by atoms with Crippen LogP contribution in [0, 0.1) is 50.2 Å². The lowest BCUT2D eigenvalue weighted by atomic mass is 9.33. The van der Waals surface area contributed by atoms with Gasteiger partial charge in [0.1, 0.15) is 79.9 Å². The Balaban J connectivity index is 1.11. The fourth-order valence-electron chi connectivity index (χ4n) is 15.9. The molecule has 22 heteroatoms. The Morgan fingerprint density at radius 1 is 0.711 bits per heavy atom. The number of fused-ring (bicyclic) bond motifs is 7. The molecule has 3 heterocycles. The van der Waals surface area contributed by atoms with Crippen LogP contribution in [-0.2, 0) is 52.3 Å². The number of allylic oxidation sites excluding steroid dienone is 3. The molecule has 3 aliphatic heterocycles. The average Bonchev–Trinajstić information content (AvgIpc) is 3.63. The zero-order valence-electron chi connectivity index (χ0n) is 45.3. The van der Waals surface area contributed by atoms with Crippen LogP contribution in [-0.4, -0.2) is 204 Å². The van der Waals surface area contributed by atoms with E-state index in [1.165, 1.54) is 6.92 Å². The summed E-state index contributed by atoms with van der Waals surface area (Å²) in [6, 6.07) is 0. The molecule has 0 bridgehead atoms. The van der Waals surface area contributed by atoms with Crippen LogP contribution in [0.3, 0.4) is 0 Å². The molecule has 0 aromatic carbocycles. The second kappa shape index (κ2) is 21.3. The van der Waals surface area contributed by atoms with Gasteiger partial charge < -0.3 is 94.1 Å². The predicted molar refractivity (Wildman–Crippen MR) is 262 cm³/mol. The van der Waals surface area contributed by atoms with Crippen molar-refractivity contribution in [3.05, 3.63) is 23.3 Å². The molecule has 432 valence electrons. The topological polar surface area (TPSA) is 348 Å². The van der Waals surface area contributed by atoms with E-state index in [0.717, 1.165) is 5.57 Å². The van der Waals surface area contributed by atoms with Crippen LogP contribution >= 0.6 is 0 Å². The van der Waals surface area contributed by atoms with Crippen LogP contribution < -0.4 is 0 Å². The summed E-state index contributed by atoms with van der Waals surface area (Å²) in [6.07, 6.45) is -21.8. The first-order chi connectivity index (χ1) is 35.4. The van der Waals surface area contributed by atoms with Crippen molar-refractivity contribution < 1.29 is 108 Å². The van der Waals surface area contributed by atoms with Gasteiger partial charge in [-0.15, -0.1) is 0 Å². The third-order valence-corrected chi connectivity index (χ3v) is 20.5. The number of carbonyl (C=O) groups excluding carboxylic acids is 2. The van der Waals surface area contributed by atoms with Crippen molar-refractivity contribution in [1.82, 2.24) is 0 Å². The summed E-state index contributed by atoms with van der Waals surface area (Å²) < 4.78 is 48.3. The van der Waals surface area contributed by atoms with E-state index < -0.39 is 175 Å². The van der Waals surface area contributed by atoms with Gasteiger partial charge in [0, 0.05) is 17.9 Å². The minimum Gasteiger partial charge on any atom is -0.479 e. The van der Waals surface area contributed by atoms with Gasteiger partial charge in [0.25, 0.3) is 0 Å². The first-order valence-electron chi connectivity index (χ1n) is 26.9. The molecule has 0 spiro atoms. The van der Waals surface area contributed by atoms with E-state index in [0.29, 0.717) is 44.1 Å². The van der Waals surface area contributed by atoms with Crippen LogP contribution in [0.2, 0.25) is 0 Å². The number of carbonyl (C=O) groups is 3. The number of aliphatic hydroxyl groups excluding tert-OH is 10. The minimum absolute atomic E-state index is 0.0355. The zero-order chi connectivity index (χ0) is 56.2. The maximum Gasteiger partial charge on any atom is 0.335 e. The van der Waals surface area contributed by atoms with Crippen molar-refractivity contribution in [3.8, 4) is 0 Å². The Morgan fingerprint density at radius 2 is 1.30 bits per heavy atom. The Labute approximate surface area is 443 Å². The lowest BCUT2D eigenvalue weighted by molar-refractivity contribution is -0.386. The lowest BCUT2D eigenvalue weighted by Gasteiger charge is -2.72. The summed E-state index contributed by atoms with van der Waals surface area (Å²) in [5.74, 6) is -3.27. The number of rotatable bonds is 13. The fourth-order valence-corrected chi connectivity index (χ4v) is 15.9. The molecule has 11 N–H and O–H groups in total. The number of aliphatic hydroxyl groups is 10. The number of esters is 2. The third-order valence-electron chi connectivity index (χ3n) is 20.5. The van der Waals surface area contributed by atoms with Crippen molar-refractivity contribution in [2.45, 2.75) is 225 Å². The summed E-state index contributed by atoms with van der Waals surface area (Å²) in [5.41, 5.74) is -2.87. The largest absolute Gasteiger partial charge is 0.479 e. The van der Waals surface area contributed by atoms with Gasteiger partial charge in [-0.2, -0.15) is 0 Å². The second-order valence-electron chi connectivity index (χ2n) is 25.2. The molecular weight excluding hydrogens is 1000 g/mol. The molecule has 25 atom stereocenters. The Hall–Kier alpha value is -2.75. The van der Waals surface area contributed by atoms with Crippen molar-refractivity contribution in [2.75, 3.05) is 19.8 Å². The first kappa shape index (κ1) is 59.4. The van der Waals surface area contributed by atoms with E-state index in [4.69, 9.17) is 37.9 Å². The molecule has 0 unspecified atom stereocenters. The highest BCUT2D eigenvalue weighted by Gasteiger charge is 2.73. The normalized spacial score (nSPS) is 49.8. The SMILES string of the molecule is C/C=C(\C)C(=O)O[C@H]1[C@H](O)[C@]2(COC(C)=O)[C@H](O)C[C@]3(C)C(=CC[C@@H]4[C@@]5(C)CC[C@H](O[C@@H]6O[C@H](C(=O)O)[C@@H](O)[C@H](O[C@@H]7O[C@@H](CO)[C@H](O)[C@H]7O)[C@H]6O[C@@H]6O[C@H](CO)[C@H](O)[C@H](O)[C@H]6O)C(C)(C)[C@@H]5CC[C@]43C)[C@@H]2CC1(C)C. The molecule has 5 aliphatic carbocycles. The molecule has 3 saturated heterocycles. The van der Waals surface area contributed by atoms with Crippen LogP contribution in [0.4, 0.5) is 0 Å². The zero-order valence-corrected chi connectivity index (χ0v) is 45.3. The van der Waals surface area contributed by atoms with E-state index in [2.05, 4.69) is 40.7 Å². The molecule has 4 saturated carbocycles. The minimum atomic E-state index is -2.10. The number of hydrogen-bond acceptors (Lipinski definition) is 21. The molecule has 8 rings (SSSR count). The number of aliphatic carboxylic acids is 1. The predicted octanol–water partition coefficient (Wildman–Crippen LogP) is 0.346. The van der Waals surface area contributed by atoms with Crippen molar-refractivity contribution in [3.63, 3.8) is 0 Å². The van der Waals surface area contributed by atoms with Gasteiger partial charge in [-0.1, -0.05) is 66.2 Å². The Bertz CT molecular complexity index is 2220. The van der Waals surface area contributed by atoms with Gasteiger partial charge in [0.05, 0.1) is 30.8 Å². The quantitative estimate of drug-likeness (QED) is 0.0513. The number of carboxylic acid groups (broad SMARTS) is 1. The van der Waals surface area contributed by atoms with Crippen molar-refractivity contribution >= 4 is 17.9 Å². The van der Waals surface area contributed by atoms with Gasteiger partial charge in [-0.05, 0) is 98.2 Å². The van der Waals surface area contributed by atoms with E-state index in [1.807, 2.05) is 13.8 Å². The first-order valence-corrected chi connectivity index (χ1v) is 26.9. The van der Waals surface area contributed by atoms with Crippen LogP contribution in [0.1, 0.15) is 114 Å². The molecule has 0 aromatic rings. The average molecular weight is 1090 g/mol. The molecule has 8 aliphatic rings. The van der Waals surface area contributed by atoms with Gasteiger partial charge in [0.2, 0.25) is 0 Å². The summed E-state index contributed by atoms with van der Waals surface area (Å²) in [4.78, 5) is 38.7. The van der Waals surface area contributed by atoms with Gasteiger partial charge >= 0.3 is 17.9 Å². The highest BCUT2D eigenvalue weighted by Crippen LogP contribution is 2.76. The van der Waals surface area contributed by atoms with Crippen molar-refractivity contribution in [2.24, 2.45) is 50.2 Å². The number of carboxylic acids is 1. The molecule has 7 fully saturated rings. The highest BCUT2D eigenvalue weighted by atomic mass is 16.8. The van der Waals surface area contributed by atoms with Crippen LogP contribution in [0.5, 0.6) is 0 Å². The maximum absolute atomic E-state index is 13.3. The summed E-state index contributed by atoms with van der Waals surface area (Å²) in [7, 11) is 0. The van der Waals surface area contributed by atoms with E-state index in [9.17, 15) is 70.6 Å². The third kappa shape index (κ3) is 9.42. The molecule has 0 aromatic heterocycles. The number of hydrogen-bond donors (Lipinski definition) is 11. The summed E-state index contributed by atoms with van der Waals surface area (Å²) in [6.45, 7) is 17.6. The number of ether oxygens (including phenoxy) is 8. The molecule has 76 heavy (non-hydrogen) atoms. The van der Waals surface area contributed by atoms with Crippen LogP contribution in [0.25, 0.3) is 0 Å². The summed E-state index contributed by atoms with van der Waals surface area (Å²) >= 11 is 0. The van der Waals surface area contributed by atoms with Gasteiger partial charge in [-0.3, -0.25) is 4.79 Å². The fraction of sp³-hybridized carbons (Fsp3) is 0.870. The highest BCUT2D eigenvalue weighted by molar-refractivity contribution is 5.87. The lowest BCUT2D eigenvalue weighted by Crippen LogP contribution is -2.72. The molecule has 0 radical (unpaired) electrons. The standard InChI is InChI=1S/C54H84O22/c1-11-23(2)45(68)76-43-42(65)54(22-69-24(3)57)26(18-49(43,4)5)25-12-13-30-51(8)16-15-32(50(6,7)29(51)14-17-52(30,9)53(25,10)19-31(54)58)72-48-41(75-47-37(63)35(61)33(59)27(20-55)70-47)39(38(64)40(74-48)44(66)67)73-46-36(62)34(60)28(21-56)71-46/h11-12,26-43,46-48,55-56,58-65H,13-22H2,1-10H3,(H,66,67)/b23-11+/t26-,27+,28-,29-,30+,31+,32-,33-,34-,35-,36+,37+,38-,39-,40-,41+,42-,43-,46-,47-,48+,51-,52+,53+,54-/m0/s1. The van der Waals surface area contributed by atoms with Gasteiger partial charge in [0.15, 0.2) is 25.0 Å². The van der Waals surface area contributed by atoms with Crippen LogP contribution in [0.15, 0.2) is 23.3 Å². The molecular formula is C54H84O22. The monoisotopic (exact) mass is 1080 g/mol. The molecule has 22 nitrogen and oxygen atoms in total. The van der Waals surface area contributed by atoms with Crippen molar-refractivity contribution in [1.29, 1.82) is 0 Å². The summed E-state index contributed by atoms with van der Waals surface area (Å²) in [5, 5.41) is 121. The van der Waals surface area contributed by atoms with E-state index >= 15 is 0 Å². The molecule has 0 amide bonds. The Morgan fingerprint density at radius 3 is 1.88 bits per heavy atom. The Kier molecular flexibility index (Phi) is 16.6. The van der Waals surface area contributed by atoms with E-state index in [1.54, 1.807) is 19.9 Å². The second-order valence-corrected chi connectivity index (χ2v) is 25.2. The smallest absolute Gasteiger partial charge is 0.335 e. The maximum atomic E-state index is 13.3.